The van der Waals surface area contributed by atoms with Gasteiger partial charge in [-0.05, 0) is 52.6 Å². The summed E-state index contributed by atoms with van der Waals surface area (Å²) >= 11 is 0. The van der Waals surface area contributed by atoms with Gasteiger partial charge in [-0.2, -0.15) is 0 Å². The van der Waals surface area contributed by atoms with Gasteiger partial charge >= 0.3 is 0 Å². The van der Waals surface area contributed by atoms with Crippen LogP contribution in [0.4, 0.5) is 0 Å². The van der Waals surface area contributed by atoms with Crippen LogP contribution in [0, 0.1) is 5.92 Å². The second-order valence-corrected chi connectivity index (χ2v) is 6.83. The molecule has 1 saturated heterocycles. The quantitative estimate of drug-likeness (QED) is 0.402. The molecule has 1 aliphatic rings. The average Bonchev–Trinajstić information content (AvgIpc) is 2.43. The molecule has 2 N–H and O–H groups in total. The fraction of sp³-hybridized carbons (Fsp3) is 0.938. The number of rotatable bonds is 6. The molecule has 1 aliphatic heterocycles. The van der Waals surface area contributed by atoms with Crippen LogP contribution in [0.15, 0.2) is 4.99 Å². The summed E-state index contributed by atoms with van der Waals surface area (Å²) < 4.78 is 0. The number of aliphatic imine (C=N–C) groups is 1. The Morgan fingerprint density at radius 1 is 1.14 bits per heavy atom. The van der Waals surface area contributed by atoms with Crippen LogP contribution in [0.2, 0.25) is 0 Å². The molecular weight excluding hydrogens is 375 g/mol. The van der Waals surface area contributed by atoms with Crippen LogP contribution in [0.1, 0.15) is 53.9 Å². The van der Waals surface area contributed by atoms with E-state index in [0.29, 0.717) is 5.92 Å². The van der Waals surface area contributed by atoms with E-state index in [9.17, 15) is 0 Å². The van der Waals surface area contributed by atoms with Crippen molar-refractivity contribution in [3.63, 3.8) is 0 Å². The van der Waals surface area contributed by atoms with Crippen LogP contribution in [0.3, 0.4) is 0 Å². The molecule has 0 aromatic rings. The largest absolute Gasteiger partial charge is 0.357 e. The normalized spacial score (nSPS) is 17.5. The van der Waals surface area contributed by atoms with Crippen molar-refractivity contribution in [1.82, 2.24) is 15.5 Å². The van der Waals surface area contributed by atoms with Crippen molar-refractivity contribution in [3.05, 3.63) is 0 Å². The fourth-order valence-electron chi connectivity index (χ4n) is 2.51. The van der Waals surface area contributed by atoms with Gasteiger partial charge in [-0.1, -0.05) is 20.3 Å². The summed E-state index contributed by atoms with van der Waals surface area (Å²) in [6.45, 7) is 16.3. The Hall–Kier alpha value is -0.0400. The summed E-state index contributed by atoms with van der Waals surface area (Å²) in [7, 11) is 0. The molecule has 0 aromatic carbocycles. The van der Waals surface area contributed by atoms with E-state index < -0.39 is 0 Å². The zero-order chi connectivity index (χ0) is 15.0. The van der Waals surface area contributed by atoms with Gasteiger partial charge in [0.15, 0.2) is 5.96 Å². The highest BCUT2D eigenvalue weighted by Crippen LogP contribution is 2.20. The van der Waals surface area contributed by atoms with Gasteiger partial charge < -0.3 is 10.6 Å². The predicted octanol–water partition coefficient (Wildman–Crippen LogP) is 3.08. The summed E-state index contributed by atoms with van der Waals surface area (Å²) in [5.41, 5.74) is 0.153. The third-order valence-corrected chi connectivity index (χ3v) is 3.86. The Bertz CT molecular complexity index is 297. The van der Waals surface area contributed by atoms with E-state index in [1.165, 1.54) is 32.4 Å². The van der Waals surface area contributed by atoms with E-state index in [4.69, 9.17) is 4.99 Å². The minimum absolute atomic E-state index is 0. The molecule has 0 atom stereocenters. The van der Waals surface area contributed by atoms with Gasteiger partial charge in [0.1, 0.15) is 0 Å². The Balaban J connectivity index is 0.00000400. The zero-order valence-corrected chi connectivity index (χ0v) is 16.9. The van der Waals surface area contributed by atoms with Crippen molar-refractivity contribution in [1.29, 1.82) is 0 Å². The summed E-state index contributed by atoms with van der Waals surface area (Å²) in [5, 5.41) is 6.75. The summed E-state index contributed by atoms with van der Waals surface area (Å²) in [5.74, 6) is 1.58. The number of guanidine groups is 1. The predicted molar refractivity (Wildman–Crippen MR) is 104 cm³/mol. The van der Waals surface area contributed by atoms with Crippen LogP contribution >= 0.6 is 24.0 Å². The van der Waals surface area contributed by atoms with Crippen LogP contribution in [-0.4, -0.2) is 49.1 Å². The van der Waals surface area contributed by atoms with E-state index >= 15 is 0 Å². The minimum atomic E-state index is 0. The second kappa shape index (κ2) is 10.6. The smallest absolute Gasteiger partial charge is 0.191 e. The monoisotopic (exact) mass is 410 g/mol. The van der Waals surface area contributed by atoms with Gasteiger partial charge in [-0.3, -0.25) is 9.89 Å². The van der Waals surface area contributed by atoms with Crippen molar-refractivity contribution in [2.75, 3.05) is 32.7 Å². The lowest BCUT2D eigenvalue weighted by atomic mass is 9.99. The van der Waals surface area contributed by atoms with Crippen molar-refractivity contribution >= 4 is 29.9 Å². The highest BCUT2D eigenvalue weighted by Gasteiger charge is 2.27. The lowest BCUT2D eigenvalue weighted by molar-refractivity contribution is 0.102. The Morgan fingerprint density at radius 2 is 1.76 bits per heavy atom. The number of nitrogens with one attached hydrogen (secondary N) is 2. The zero-order valence-electron chi connectivity index (χ0n) is 14.5. The van der Waals surface area contributed by atoms with Crippen molar-refractivity contribution in [3.8, 4) is 0 Å². The molecule has 0 spiro atoms. The van der Waals surface area contributed by atoms with Crippen LogP contribution in [-0.2, 0) is 0 Å². The van der Waals surface area contributed by atoms with E-state index in [1.807, 2.05) is 0 Å². The van der Waals surface area contributed by atoms with Gasteiger partial charge in [-0.15, -0.1) is 24.0 Å². The molecule has 1 fully saturated rings. The minimum Gasteiger partial charge on any atom is -0.357 e. The van der Waals surface area contributed by atoms with E-state index in [1.54, 1.807) is 0 Å². The molecule has 0 amide bonds. The first-order chi connectivity index (χ1) is 9.45. The van der Waals surface area contributed by atoms with Gasteiger partial charge in [0.2, 0.25) is 0 Å². The number of likely N-dealkylation sites (tertiary alicyclic amines) is 1. The number of nitrogens with zero attached hydrogens (tertiary/aromatic N) is 2. The average molecular weight is 410 g/mol. The first kappa shape index (κ1) is 21.0. The molecule has 0 bridgehead atoms. The van der Waals surface area contributed by atoms with Crippen molar-refractivity contribution in [2.45, 2.75) is 59.4 Å². The lowest BCUT2D eigenvalue weighted by Crippen LogP contribution is -2.49. The van der Waals surface area contributed by atoms with E-state index in [0.717, 1.165) is 25.6 Å². The lowest BCUT2D eigenvalue weighted by Gasteiger charge is -2.40. The second-order valence-electron chi connectivity index (χ2n) is 6.83. The maximum Gasteiger partial charge on any atom is 0.191 e. The number of halogens is 1. The topological polar surface area (TPSA) is 39.7 Å². The molecule has 4 nitrogen and oxygen atoms in total. The molecule has 5 heteroatoms. The Labute approximate surface area is 148 Å². The number of piperidine rings is 1. The Kier molecular flexibility index (Phi) is 10.6. The van der Waals surface area contributed by atoms with Crippen LogP contribution < -0.4 is 10.6 Å². The molecule has 0 aromatic heterocycles. The van der Waals surface area contributed by atoms with Gasteiger partial charge in [0.25, 0.3) is 0 Å². The summed E-state index contributed by atoms with van der Waals surface area (Å²) in [6.07, 6.45) is 4.05. The molecule has 1 heterocycles. The molecule has 0 aliphatic carbocycles. The first-order valence-corrected chi connectivity index (χ1v) is 8.23. The maximum atomic E-state index is 4.79. The van der Waals surface area contributed by atoms with Crippen molar-refractivity contribution < 1.29 is 0 Å². The SMILES string of the molecule is CCNC(=NCC(C)(C)N1CCCCC1)NCC(C)C.I. The van der Waals surface area contributed by atoms with E-state index in [-0.39, 0.29) is 29.5 Å². The van der Waals surface area contributed by atoms with E-state index in [2.05, 4.69) is 50.2 Å². The molecule has 126 valence electrons. The summed E-state index contributed by atoms with van der Waals surface area (Å²) in [6, 6.07) is 0. The highest BCUT2D eigenvalue weighted by molar-refractivity contribution is 14.0. The summed E-state index contributed by atoms with van der Waals surface area (Å²) in [4.78, 5) is 7.37. The van der Waals surface area contributed by atoms with Crippen LogP contribution in [0.5, 0.6) is 0 Å². The fourth-order valence-corrected chi connectivity index (χ4v) is 2.51. The molecular formula is C16H35IN4. The molecule has 0 radical (unpaired) electrons. The Morgan fingerprint density at radius 3 is 2.29 bits per heavy atom. The van der Waals surface area contributed by atoms with Gasteiger partial charge in [-0.25, -0.2) is 0 Å². The molecule has 21 heavy (non-hydrogen) atoms. The third-order valence-electron chi connectivity index (χ3n) is 3.86. The molecule has 1 rings (SSSR count). The van der Waals surface area contributed by atoms with Gasteiger partial charge in [0.05, 0.1) is 6.54 Å². The standard InChI is InChI=1S/C16H34N4.HI/c1-6-17-15(18-12-14(2)3)19-13-16(4,5)20-10-8-7-9-11-20;/h14H,6-13H2,1-5H3,(H2,17,18,19);1H. The van der Waals surface area contributed by atoms with Crippen molar-refractivity contribution in [2.24, 2.45) is 10.9 Å². The first-order valence-electron chi connectivity index (χ1n) is 8.23. The highest BCUT2D eigenvalue weighted by atomic mass is 127. The maximum absolute atomic E-state index is 4.79. The number of hydrogen-bond donors (Lipinski definition) is 2. The van der Waals surface area contributed by atoms with Crippen LogP contribution in [0.25, 0.3) is 0 Å². The molecule has 0 saturated carbocycles. The van der Waals surface area contributed by atoms with Gasteiger partial charge in [0, 0.05) is 18.6 Å². The third kappa shape index (κ3) is 8.24. The molecule has 0 unspecified atom stereocenters. The number of hydrogen-bond acceptors (Lipinski definition) is 2.